The zero-order chi connectivity index (χ0) is 9.07. The van der Waals surface area contributed by atoms with Crippen LogP contribution in [-0.2, 0) is 0 Å². The SMILES string of the molecule is C#CCCCC#CCCCC#N. The number of hydrogen-bond acceptors (Lipinski definition) is 1. The van der Waals surface area contributed by atoms with Gasteiger partial charge in [-0.3, -0.25) is 0 Å². The summed E-state index contributed by atoms with van der Waals surface area (Å²) in [5, 5.41) is 8.22. The van der Waals surface area contributed by atoms with E-state index < -0.39 is 0 Å². The highest BCUT2D eigenvalue weighted by Crippen LogP contribution is 1.94. The van der Waals surface area contributed by atoms with Gasteiger partial charge in [0.15, 0.2) is 0 Å². The van der Waals surface area contributed by atoms with Gasteiger partial charge in [0.05, 0.1) is 6.07 Å². The minimum atomic E-state index is 0.610. The summed E-state index contributed by atoms with van der Waals surface area (Å²) in [6.45, 7) is 0. The maximum atomic E-state index is 8.22. The monoisotopic (exact) mass is 159 g/mol. The van der Waals surface area contributed by atoms with E-state index in [4.69, 9.17) is 11.7 Å². The second kappa shape index (κ2) is 9.61. The van der Waals surface area contributed by atoms with Gasteiger partial charge in [0.2, 0.25) is 0 Å². The van der Waals surface area contributed by atoms with Crippen molar-refractivity contribution in [2.75, 3.05) is 0 Å². The molecule has 0 rings (SSSR count). The average Bonchev–Trinajstić information content (AvgIpc) is 2.10. The normalized spacial score (nSPS) is 7.50. The lowest BCUT2D eigenvalue weighted by Crippen LogP contribution is -1.71. The first-order chi connectivity index (χ1) is 5.91. The van der Waals surface area contributed by atoms with Crippen LogP contribution in [0.1, 0.15) is 38.5 Å². The van der Waals surface area contributed by atoms with Crippen LogP contribution in [0.5, 0.6) is 0 Å². The maximum Gasteiger partial charge on any atom is 0.0622 e. The minimum absolute atomic E-state index is 0.610. The molecule has 1 nitrogen and oxygen atoms in total. The Morgan fingerprint density at radius 2 is 1.50 bits per heavy atom. The number of rotatable bonds is 4. The third kappa shape index (κ3) is 8.61. The summed E-state index contributed by atoms with van der Waals surface area (Å²) in [5.41, 5.74) is 0. The lowest BCUT2D eigenvalue weighted by Gasteiger charge is -1.84. The number of unbranched alkanes of at least 4 members (excludes halogenated alkanes) is 4. The second-order valence-electron chi connectivity index (χ2n) is 2.42. The Morgan fingerprint density at radius 3 is 2.00 bits per heavy atom. The smallest absolute Gasteiger partial charge is 0.0622 e. The number of nitriles is 1. The highest BCUT2D eigenvalue weighted by Gasteiger charge is 1.81. The highest BCUT2D eigenvalue weighted by atomic mass is 14.2. The standard InChI is InChI=1S/C11H13N/c1-2-3-4-5-6-7-8-9-10-11-12/h1H,3-5,8-10H2. The molecule has 0 aromatic heterocycles. The molecule has 0 unspecified atom stereocenters. The molecule has 0 aliphatic rings. The molecule has 0 heterocycles. The van der Waals surface area contributed by atoms with Crippen molar-refractivity contribution < 1.29 is 0 Å². The molecule has 0 aromatic rings. The Kier molecular flexibility index (Phi) is 8.50. The van der Waals surface area contributed by atoms with Gasteiger partial charge in [-0.05, 0) is 12.8 Å². The van der Waals surface area contributed by atoms with Crippen LogP contribution >= 0.6 is 0 Å². The number of nitrogens with zero attached hydrogens (tertiary/aromatic N) is 1. The Hall–Kier alpha value is -1.39. The molecule has 0 aliphatic carbocycles. The molecule has 0 atom stereocenters. The third-order valence-corrected chi connectivity index (χ3v) is 1.34. The van der Waals surface area contributed by atoms with Crippen LogP contribution in [0, 0.1) is 35.5 Å². The zero-order valence-electron chi connectivity index (χ0n) is 7.27. The first kappa shape index (κ1) is 10.6. The van der Waals surface area contributed by atoms with Gasteiger partial charge in [-0.25, -0.2) is 0 Å². The molecule has 0 bridgehead atoms. The molecule has 0 amide bonds. The lowest BCUT2D eigenvalue weighted by molar-refractivity contribution is 0.881. The van der Waals surface area contributed by atoms with Crippen LogP contribution in [0.3, 0.4) is 0 Å². The van der Waals surface area contributed by atoms with Gasteiger partial charge in [-0.2, -0.15) is 5.26 Å². The van der Waals surface area contributed by atoms with E-state index in [0.29, 0.717) is 6.42 Å². The summed E-state index contributed by atoms with van der Waals surface area (Å²) >= 11 is 0. The third-order valence-electron chi connectivity index (χ3n) is 1.34. The minimum Gasteiger partial charge on any atom is -0.198 e. The molecule has 0 radical (unpaired) electrons. The lowest BCUT2D eigenvalue weighted by atomic mass is 10.2. The fraction of sp³-hybridized carbons (Fsp3) is 0.545. The van der Waals surface area contributed by atoms with Gasteiger partial charge in [-0.1, -0.05) is 0 Å². The van der Waals surface area contributed by atoms with E-state index in [1.165, 1.54) is 0 Å². The molecule has 0 aliphatic heterocycles. The summed E-state index contributed by atoms with van der Waals surface area (Å²) in [7, 11) is 0. The van der Waals surface area contributed by atoms with Crippen molar-refractivity contribution in [2.45, 2.75) is 38.5 Å². The van der Waals surface area contributed by atoms with Crippen molar-refractivity contribution in [1.82, 2.24) is 0 Å². The predicted octanol–water partition coefficient (Wildman–Crippen LogP) is 2.49. The largest absolute Gasteiger partial charge is 0.198 e. The summed E-state index contributed by atoms with van der Waals surface area (Å²) in [5.74, 6) is 8.60. The van der Waals surface area contributed by atoms with Gasteiger partial charge in [0.25, 0.3) is 0 Å². The molecule has 1 heteroatoms. The van der Waals surface area contributed by atoms with E-state index in [1.54, 1.807) is 0 Å². The van der Waals surface area contributed by atoms with Crippen LogP contribution in [0.25, 0.3) is 0 Å². The molecule has 0 aromatic carbocycles. The van der Waals surface area contributed by atoms with Gasteiger partial charge < -0.3 is 0 Å². The average molecular weight is 159 g/mol. The fourth-order valence-corrected chi connectivity index (χ4v) is 0.711. The van der Waals surface area contributed by atoms with Crippen LogP contribution < -0.4 is 0 Å². The summed E-state index contributed by atoms with van der Waals surface area (Å²) < 4.78 is 0. The van der Waals surface area contributed by atoms with Crippen LogP contribution in [0.4, 0.5) is 0 Å². The second-order valence-corrected chi connectivity index (χ2v) is 2.42. The Balaban J connectivity index is 3.14. The zero-order valence-corrected chi connectivity index (χ0v) is 7.27. The van der Waals surface area contributed by atoms with Crippen molar-refractivity contribution in [3.05, 3.63) is 0 Å². The Morgan fingerprint density at radius 1 is 0.917 bits per heavy atom. The summed E-state index contributed by atoms with van der Waals surface area (Å²) in [6, 6.07) is 2.08. The first-order valence-electron chi connectivity index (χ1n) is 4.18. The number of hydrogen-bond donors (Lipinski definition) is 0. The van der Waals surface area contributed by atoms with Crippen molar-refractivity contribution in [3.63, 3.8) is 0 Å². The molecule has 0 saturated heterocycles. The summed E-state index contributed by atoms with van der Waals surface area (Å²) in [4.78, 5) is 0. The van der Waals surface area contributed by atoms with Gasteiger partial charge in [0.1, 0.15) is 0 Å². The van der Waals surface area contributed by atoms with E-state index in [1.807, 2.05) is 0 Å². The molecular formula is C11H13N. The fourth-order valence-electron chi connectivity index (χ4n) is 0.711. The predicted molar refractivity (Wildman–Crippen MR) is 49.9 cm³/mol. The van der Waals surface area contributed by atoms with Gasteiger partial charge in [-0.15, -0.1) is 24.2 Å². The van der Waals surface area contributed by atoms with Crippen LogP contribution in [0.15, 0.2) is 0 Å². The van der Waals surface area contributed by atoms with Crippen molar-refractivity contribution in [2.24, 2.45) is 0 Å². The van der Waals surface area contributed by atoms with Crippen LogP contribution in [0.2, 0.25) is 0 Å². The van der Waals surface area contributed by atoms with Gasteiger partial charge in [0, 0.05) is 25.7 Å². The Bertz CT molecular complexity index is 204. The summed E-state index contributed by atoms with van der Waals surface area (Å²) in [6.07, 6.45) is 10.1. The van der Waals surface area contributed by atoms with Crippen LogP contribution in [-0.4, -0.2) is 0 Å². The van der Waals surface area contributed by atoms with E-state index in [0.717, 1.165) is 32.1 Å². The van der Waals surface area contributed by atoms with Crippen molar-refractivity contribution in [3.8, 4) is 30.3 Å². The van der Waals surface area contributed by atoms with Crippen molar-refractivity contribution >= 4 is 0 Å². The van der Waals surface area contributed by atoms with E-state index in [-0.39, 0.29) is 0 Å². The van der Waals surface area contributed by atoms with Gasteiger partial charge >= 0.3 is 0 Å². The van der Waals surface area contributed by atoms with E-state index >= 15 is 0 Å². The maximum absolute atomic E-state index is 8.22. The molecule has 0 N–H and O–H groups in total. The highest BCUT2D eigenvalue weighted by molar-refractivity contribution is 4.99. The molecule has 0 spiro atoms. The topological polar surface area (TPSA) is 23.8 Å². The van der Waals surface area contributed by atoms with Crippen molar-refractivity contribution in [1.29, 1.82) is 5.26 Å². The quantitative estimate of drug-likeness (QED) is 0.456. The number of terminal acetylenes is 1. The molecule has 0 fully saturated rings. The van der Waals surface area contributed by atoms with E-state index in [2.05, 4.69) is 23.8 Å². The molecule has 12 heavy (non-hydrogen) atoms. The van der Waals surface area contributed by atoms with E-state index in [9.17, 15) is 0 Å². The molecule has 62 valence electrons. The molecular weight excluding hydrogens is 146 g/mol. The Labute approximate surface area is 74.8 Å². The first-order valence-corrected chi connectivity index (χ1v) is 4.18. The molecule has 0 saturated carbocycles.